The van der Waals surface area contributed by atoms with Crippen LogP contribution in [-0.4, -0.2) is 55.9 Å². The summed E-state index contributed by atoms with van der Waals surface area (Å²) < 4.78 is 1.59. The Labute approximate surface area is 153 Å². The molecule has 1 saturated carbocycles. The third-order valence-electron chi connectivity index (χ3n) is 5.33. The van der Waals surface area contributed by atoms with E-state index in [1.807, 2.05) is 12.1 Å². The van der Waals surface area contributed by atoms with Crippen molar-refractivity contribution in [2.75, 3.05) is 18.4 Å². The summed E-state index contributed by atoms with van der Waals surface area (Å²) in [6.45, 7) is 2.15. The summed E-state index contributed by atoms with van der Waals surface area (Å²) in [5.74, 6) is 0.287. The molecule has 138 valence electrons. The molecule has 0 spiro atoms. The lowest BCUT2D eigenvalue weighted by Gasteiger charge is -2.36. The number of likely N-dealkylation sites (tertiary alicyclic amines) is 1. The van der Waals surface area contributed by atoms with Gasteiger partial charge in [-0.25, -0.2) is 9.48 Å². The van der Waals surface area contributed by atoms with Crippen molar-refractivity contribution in [1.82, 2.24) is 30.0 Å². The Balaban J connectivity index is 1.25. The molecule has 0 unspecified atom stereocenters. The fourth-order valence-electron chi connectivity index (χ4n) is 3.94. The van der Waals surface area contributed by atoms with Crippen LogP contribution in [0.3, 0.4) is 0 Å². The molecule has 8 heteroatoms. The Morgan fingerprint density at radius 3 is 2.69 bits per heavy atom. The van der Waals surface area contributed by atoms with Crippen LogP contribution in [0.4, 0.5) is 10.7 Å². The van der Waals surface area contributed by atoms with Crippen LogP contribution in [0.15, 0.2) is 30.9 Å². The number of nitrogens with zero attached hydrogens (tertiary/aromatic N) is 5. The first-order valence-electron chi connectivity index (χ1n) is 9.41. The second-order valence-electron chi connectivity index (χ2n) is 7.07. The number of piperidine rings is 1. The van der Waals surface area contributed by atoms with Gasteiger partial charge in [0.05, 0.1) is 11.9 Å². The van der Waals surface area contributed by atoms with Crippen molar-refractivity contribution in [2.45, 2.75) is 50.6 Å². The zero-order valence-corrected chi connectivity index (χ0v) is 14.8. The molecule has 2 aromatic heterocycles. The average molecular weight is 355 g/mol. The molecule has 1 saturated heterocycles. The molecule has 26 heavy (non-hydrogen) atoms. The Morgan fingerprint density at radius 1 is 1.15 bits per heavy atom. The normalized spacial score (nSPS) is 19.5. The van der Waals surface area contributed by atoms with Crippen molar-refractivity contribution in [3.8, 4) is 5.69 Å². The fraction of sp³-hybridized carbons (Fsp3) is 0.556. The standard InChI is InChI=1S/C18H25N7O/c26-18(21-14-7-10-24(11-8-14)15-4-1-2-5-15)22-17-20-13-25(23-17)16-6-3-9-19-12-16/h3,6,9,12-15H,1-2,4-5,7-8,10-11H2,(H2,21,22,23,26). The number of hydrogen-bond donors (Lipinski definition) is 2. The van der Waals surface area contributed by atoms with Crippen LogP contribution in [0.1, 0.15) is 38.5 Å². The average Bonchev–Trinajstić information content (AvgIpc) is 3.35. The van der Waals surface area contributed by atoms with Crippen molar-refractivity contribution in [2.24, 2.45) is 0 Å². The van der Waals surface area contributed by atoms with Crippen molar-refractivity contribution in [3.63, 3.8) is 0 Å². The summed E-state index contributed by atoms with van der Waals surface area (Å²) in [6, 6.07) is 4.45. The second-order valence-corrected chi connectivity index (χ2v) is 7.07. The van der Waals surface area contributed by atoms with E-state index in [1.165, 1.54) is 25.7 Å². The molecule has 4 rings (SSSR count). The second kappa shape index (κ2) is 7.82. The molecule has 0 radical (unpaired) electrons. The van der Waals surface area contributed by atoms with Gasteiger partial charge >= 0.3 is 6.03 Å². The molecule has 8 nitrogen and oxygen atoms in total. The predicted molar refractivity (Wildman–Crippen MR) is 98.2 cm³/mol. The first kappa shape index (κ1) is 17.0. The minimum absolute atomic E-state index is 0.216. The van der Waals surface area contributed by atoms with E-state index >= 15 is 0 Å². The molecule has 0 bridgehead atoms. The SMILES string of the molecule is O=C(Nc1ncn(-c2cccnc2)n1)NC1CCN(C2CCCC2)CC1. The first-order chi connectivity index (χ1) is 12.8. The number of carbonyl (C=O) groups excluding carboxylic acids is 1. The summed E-state index contributed by atoms with van der Waals surface area (Å²) in [6.07, 6.45) is 12.4. The minimum Gasteiger partial charge on any atom is -0.335 e. The smallest absolute Gasteiger partial charge is 0.321 e. The van der Waals surface area contributed by atoms with Gasteiger partial charge in [0.2, 0.25) is 0 Å². The lowest BCUT2D eigenvalue weighted by atomic mass is 10.0. The molecule has 2 fully saturated rings. The third kappa shape index (κ3) is 4.01. The van der Waals surface area contributed by atoms with Gasteiger partial charge in [0.1, 0.15) is 6.33 Å². The van der Waals surface area contributed by atoms with E-state index in [0.717, 1.165) is 37.7 Å². The highest BCUT2D eigenvalue weighted by molar-refractivity contribution is 5.87. The zero-order valence-electron chi connectivity index (χ0n) is 14.8. The molecule has 1 aliphatic carbocycles. The summed E-state index contributed by atoms with van der Waals surface area (Å²) in [5.41, 5.74) is 0.799. The van der Waals surface area contributed by atoms with Gasteiger partial charge in [-0.3, -0.25) is 10.3 Å². The molecule has 2 N–H and O–H groups in total. The molecule has 3 heterocycles. The fourth-order valence-corrected chi connectivity index (χ4v) is 3.94. The van der Waals surface area contributed by atoms with Gasteiger partial charge in [-0.1, -0.05) is 12.8 Å². The maximum absolute atomic E-state index is 12.2. The lowest BCUT2D eigenvalue weighted by molar-refractivity contribution is 0.147. The van der Waals surface area contributed by atoms with E-state index in [-0.39, 0.29) is 18.0 Å². The number of amides is 2. The van der Waals surface area contributed by atoms with Crippen molar-refractivity contribution >= 4 is 12.0 Å². The number of aromatic nitrogens is 4. The van der Waals surface area contributed by atoms with E-state index in [4.69, 9.17) is 0 Å². The molecule has 2 aromatic rings. The first-order valence-corrected chi connectivity index (χ1v) is 9.41. The summed E-state index contributed by atoms with van der Waals surface area (Å²) >= 11 is 0. The number of urea groups is 1. The van der Waals surface area contributed by atoms with Gasteiger partial charge in [-0.2, -0.15) is 4.98 Å². The van der Waals surface area contributed by atoms with E-state index in [9.17, 15) is 4.79 Å². The van der Waals surface area contributed by atoms with E-state index < -0.39 is 0 Å². The van der Waals surface area contributed by atoms with Crippen LogP contribution >= 0.6 is 0 Å². The number of anilines is 1. The van der Waals surface area contributed by atoms with Gasteiger partial charge in [-0.05, 0) is 37.8 Å². The van der Waals surface area contributed by atoms with E-state index in [1.54, 1.807) is 23.4 Å². The molecule has 0 aromatic carbocycles. The van der Waals surface area contributed by atoms with Gasteiger partial charge in [0.25, 0.3) is 5.95 Å². The molecule has 0 atom stereocenters. The third-order valence-corrected chi connectivity index (χ3v) is 5.33. The number of hydrogen-bond acceptors (Lipinski definition) is 5. The minimum atomic E-state index is -0.242. The Hall–Kier alpha value is -2.48. The van der Waals surface area contributed by atoms with Crippen LogP contribution in [0.5, 0.6) is 0 Å². The van der Waals surface area contributed by atoms with Crippen LogP contribution in [-0.2, 0) is 0 Å². The Bertz CT molecular complexity index is 718. The molecule has 2 amide bonds. The van der Waals surface area contributed by atoms with Gasteiger partial charge in [0.15, 0.2) is 0 Å². The molecule has 1 aliphatic heterocycles. The highest BCUT2D eigenvalue weighted by atomic mass is 16.2. The van der Waals surface area contributed by atoms with Gasteiger partial charge in [-0.15, -0.1) is 5.10 Å². The van der Waals surface area contributed by atoms with Crippen LogP contribution in [0, 0.1) is 0 Å². The van der Waals surface area contributed by atoms with Crippen LogP contribution in [0.2, 0.25) is 0 Å². The largest absolute Gasteiger partial charge is 0.335 e. The van der Waals surface area contributed by atoms with Crippen molar-refractivity contribution in [3.05, 3.63) is 30.9 Å². The summed E-state index contributed by atoms with van der Waals surface area (Å²) in [4.78, 5) is 23.0. The van der Waals surface area contributed by atoms with Crippen molar-refractivity contribution in [1.29, 1.82) is 0 Å². The molecule has 2 aliphatic rings. The Kier molecular flexibility index (Phi) is 5.10. The van der Waals surface area contributed by atoms with E-state index in [2.05, 4.69) is 30.6 Å². The summed E-state index contributed by atoms with van der Waals surface area (Å²) in [7, 11) is 0. The summed E-state index contributed by atoms with van der Waals surface area (Å²) in [5, 5.41) is 10.0. The number of pyridine rings is 1. The maximum atomic E-state index is 12.2. The van der Waals surface area contributed by atoms with Crippen LogP contribution in [0.25, 0.3) is 5.69 Å². The lowest BCUT2D eigenvalue weighted by Crippen LogP contribution is -2.48. The number of rotatable bonds is 4. The van der Waals surface area contributed by atoms with E-state index in [0.29, 0.717) is 0 Å². The molecular weight excluding hydrogens is 330 g/mol. The van der Waals surface area contributed by atoms with Crippen LogP contribution < -0.4 is 10.6 Å². The predicted octanol–water partition coefficient (Wildman–Crippen LogP) is 2.19. The Morgan fingerprint density at radius 2 is 1.96 bits per heavy atom. The highest BCUT2D eigenvalue weighted by Gasteiger charge is 2.27. The van der Waals surface area contributed by atoms with Gasteiger partial charge < -0.3 is 10.2 Å². The number of nitrogens with one attached hydrogen (secondary N) is 2. The highest BCUT2D eigenvalue weighted by Crippen LogP contribution is 2.26. The zero-order chi connectivity index (χ0) is 17.8. The number of carbonyl (C=O) groups is 1. The van der Waals surface area contributed by atoms with Crippen molar-refractivity contribution < 1.29 is 4.79 Å². The topological polar surface area (TPSA) is 88.0 Å². The quantitative estimate of drug-likeness (QED) is 0.878. The maximum Gasteiger partial charge on any atom is 0.321 e. The monoisotopic (exact) mass is 355 g/mol. The molecular formula is C18H25N7O. The van der Waals surface area contributed by atoms with Gasteiger partial charge in [0, 0.05) is 31.4 Å².